The van der Waals surface area contributed by atoms with Crippen molar-refractivity contribution in [2.24, 2.45) is 5.92 Å². The molecule has 3 aromatic carbocycles. The number of likely N-dealkylation sites (tertiary alicyclic amines) is 1. The number of H-pyrrole nitrogens is 1. The van der Waals surface area contributed by atoms with Gasteiger partial charge in [-0.15, -0.1) is 0 Å². The Morgan fingerprint density at radius 1 is 1.03 bits per heavy atom. The summed E-state index contributed by atoms with van der Waals surface area (Å²) in [7, 11) is 0. The van der Waals surface area contributed by atoms with Crippen LogP contribution in [0.25, 0.3) is 22.0 Å². The maximum absolute atomic E-state index is 13.0. The lowest BCUT2D eigenvalue weighted by molar-refractivity contribution is -0.173. The second kappa shape index (κ2) is 6.77. The van der Waals surface area contributed by atoms with Crippen LogP contribution in [0.4, 0.5) is 0 Å². The lowest BCUT2D eigenvalue weighted by Crippen LogP contribution is -2.74. The highest BCUT2D eigenvalue weighted by atomic mass is 16.5. The zero-order chi connectivity index (χ0) is 24.5. The third-order valence-corrected chi connectivity index (χ3v) is 10.3. The summed E-state index contributed by atoms with van der Waals surface area (Å²) < 4.78 is 6.75. The van der Waals surface area contributed by atoms with Gasteiger partial charge in [0.25, 0.3) is 0 Å². The molecule has 3 aliphatic carbocycles. The zero-order valence-corrected chi connectivity index (χ0v) is 20.7. The smallest absolute Gasteiger partial charge is 0.166 e. The van der Waals surface area contributed by atoms with E-state index < -0.39 is 11.0 Å². The minimum Gasteiger partial charge on any atom is -0.504 e. The first-order valence-corrected chi connectivity index (χ1v) is 13.8. The van der Waals surface area contributed by atoms with Gasteiger partial charge >= 0.3 is 0 Å². The summed E-state index contributed by atoms with van der Waals surface area (Å²) in [6.07, 6.45) is 4.51. The molecule has 1 aromatic heterocycles. The first-order valence-electron chi connectivity index (χ1n) is 13.8. The lowest BCUT2D eigenvalue weighted by Gasteiger charge is -2.62. The number of benzene rings is 3. The third kappa shape index (κ3) is 2.43. The van der Waals surface area contributed by atoms with Gasteiger partial charge in [0.05, 0.1) is 22.2 Å². The summed E-state index contributed by atoms with van der Waals surface area (Å²) >= 11 is 0. The first kappa shape index (κ1) is 20.7. The Bertz CT molecular complexity index is 1610. The fraction of sp³-hybridized carbons (Fsp3) is 0.375. The molecule has 5 aliphatic rings. The average molecular weight is 491 g/mol. The molecule has 9 rings (SSSR count). The van der Waals surface area contributed by atoms with Gasteiger partial charge in [-0.25, -0.2) is 0 Å². The number of aromatic amines is 1. The molecule has 5 heteroatoms. The molecular formula is C32H30N2O3. The summed E-state index contributed by atoms with van der Waals surface area (Å²) in [5.41, 5.74) is 6.46. The lowest BCUT2D eigenvalue weighted by atomic mass is 9.49. The molecule has 186 valence electrons. The van der Waals surface area contributed by atoms with Crippen molar-refractivity contribution in [3.05, 3.63) is 83.0 Å². The molecule has 1 saturated carbocycles. The van der Waals surface area contributed by atoms with Crippen LogP contribution in [0.2, 0.25) is 0 Å². The Morgan fingerprint density at radius 2 is 1.89 bits per heavy atom. The van der Waals surface area contributed by atoms with E-state index >= 15 is 0 Å². The molecule has 5 nitrogen and oxygen atoms in total. The summed E-state index contributed by atoms with van der Waals surface area (Å²) in [6.45, 7) is 2.04. The van der Waals surface area contributed by atoms with Crippen LogP contribution in [0, 0.1) is 5.92 Å². The minimum absolute atomic E-state index is 0.0475. The Hall–Kier alpha value is -3.28. The van der Waals surface area contributed by atoms with E-state index in [1.54, 1.807) is 6.07 Å². The number of hydrogen-bond acceptors (Lipinski definition) is 4. The number of phenols is 1. The van der Waals surface area contributed by atoms with E-state index in [-0.39, 0.29) is 17.9 Å². The number of phenolic OH excluding ortho intramolecular Hbond substituents is 1. The summed E-state index contributed by atoms with van der Waals surface area (Å²) in [5, 5.41) is 25.1. The fourth-order valence-corrected chi connectivity index (χ4v) is 8.51. The van der Waals surface area contributed by atoms with Crippen LogP contribution in [-0.4, -0.2) is 44.8 Å². The first-order chi connectivity index (χ1) is 18.1. The van der Waals surface area contributed by atoms with Crippen LogP contribution in [0.3, 0.4) is 0 Å². The SMILES string of the molecule is Oc1ccc2c3c1O[C@H]1c4[nH]c5c(-c6ccccc6)cccc5c4C[C@@]4(O)[C@H](C2)N(CC2CC2)CC[C@]314. The second-order valence-electron chi connectivity index (χ2n) is 12.0. The van der Waals surface area contributed by atoms with E-state index in [4.69, 9.17) is 4.74 Å². The van der Waals surface area contributed by atoms with Crippen LogP contribution < -0.4 is 4.74 Å². The van der Waals surface area contributed by atoms with Crippen molar-refractivity contribution in [3.8, 4) is 22.6 Å². The molecule has 3 heterocycles. The molecule has 4 aromatic rings. The molecule has 2 aliphatic heterocycles. The normalized spacial score (nSPS) is 31.2. The van der Waals surface area contributed by atoms with Gasteiger partial charge in [0.15, 0.2) is 17.6 Å². The number of para-hydroxylation sites is 1. The highest BCUT2D eigenvalue weighted by Crippen LogP contribution is 2.69. The number of aliphatic hydroxyl groups is 1. The Morgan fingerprint density at radius 3 is 2.73 bits per heavy atom. The van der Waals surface area contributed by atoms with Crippen molar-refractivity contribution in [1.82, 2.24) is 9.88 Å². The summed E-state index contributed by atoms with van der Waals surface area (Å²) in [6, 6.07) is 20.9. The minimum atomic E-state index is -0.957. The maximum atomic E-state index is 13.0. The molecule has 37 heavy (non-hydrogen) atoms. The van der Waals surface area contributed by atoms with Crippen LogP contribution in [0.5, 0.6) is 11.5 Å². The molecule has 0 unspecified atom stereocenters. The van der Waals surface area contributed by atoms with Gasteiger partial charge in [0.1, 0.15) is 0 Å². The molecule has 4 atom stereocenters. The molecule has 0 amide bonds. The zero-order valence-electron chi connectivity index (χ0n) is 20.7. The van der Waals surface area contributed by atoms with Gasteiger partial charge in [0.2, 0.25) is 0 Å². The van der Waals surface area contributed by atoms with Gasteiger partial charge in [-0.05, 0) is 60.9 Å². The van der Waals surface area contributed by atoms with Crippen molar-refractivity contribution >= 4 is 10.9 Å². The van der Waals surface area contributed by atoms with E-state index in [0.717, 1.165) is 54.2 Å². The van der Waals surface area contributed by atoms with Crippen LogP contribution in [-0.2, 0) is 18.3 Å². The predicted molar refractivity (Wildman–Crippen MR) is 142 cm³/mol. The van der Waals surface area contributed by atoms with Crippen molar-refractivity contribution in [3.63, 3.8) is 0 Å². The number of aromatic hydroxyl groups is 1. The molecule has 3 N–H and O–H groups in total. The molecular weight excluding hydrogens is 460 g/mol. The van der Waals surface area contributed by atoms with E-state index in [9.17, 15) is 10.2 Å². The van der Waals surface area contributed by atoms with Crippen LogP contribution >= 0.6 is 0 Å². The molecule has 2 fully saturated rings. The van der Waals surface area contributed by atoms with Gasteiger partial charge in [-0.2, -0.15) is 0 Å². The van der Waals surface area contributed by atoms with Crippen molar-refractivity contribution in [1.29, 1.82) is 0 Å². The number of hydrogen-bond donors (Lipinski definition) is 3. The maximum Gasteiger partial charge on any atom is 0.166 e. The molecule has 1 saturated heterocycles. The summed E-state index contributed by atoms with van der Waals surface area (Å²) in [5.74, 6) is 1.54. The predicted octanol–water partition coefficient (Wildman–Crippen LogP) is 5.24. The van der Waals surface area contributed by atoms with E-state index in [0.29, 0.717) is 12.2 Å². The number of piperidine rings is 1. The standard InChI is InChI=1S/C32H30N2O3/c35-24-12-11-20-15-25-32(36)16-23-22-8-4-7-21(19-5-2-1-3-6-19)27(22)33-28(23)30-31(32,26(20)29(24)37-30)13-14-34(25)17-18-9-10-18/h1-8,11-12,18,25,30,33,35-36H,9-10,13-17H2/t25-,30-,31-,32+/m0/s1. The number of fused-ring (bicyclic) bond motifs is 4. The quantitative estimate of drug-likeness (QED) is 0.367. The Labute approximate surface area is 215 Å². The number of nitrogens with zero attached hydrogens (tertiary/aromatic N) is 1. The highest BCUT2D eigenvalue weighted by molar-refractivity contribution is 5.97. The molecule has 1 spiro atoms. The highest BCUT2D eigenvalue weighted by Gasteiger charge is 2.72. The number of aromatic nitrogens is 1. The Balaban J connectivity index is 1.31. The fourth-order valence-electron chi connectivity index (χ4n) is 8.51. The van der Waals surface area contributed by atoms with Gasteiger partial charge in [0, 0.05) is 35.5 Å². The van der Waals surface area contributed by atoms with Crippen molar-refractivity contribution < 1.29 is 14.9 Å². The largest absolute Gasteiger partial charge is 0.504 e. The van der Waals surface area contributed by atoms with Crippen molar-refractivity contribution in [2.45, 2.75) is 55.3 Å². The number of rotatable bonds is 3. The molecule has 2 bridgehead atoms. The second-order valence-corrected chi connectivity index (χ2v) is 12.0. The van der Waals surface area contributed by atoms with Crippen LogP contribution in [0.1, 0.15) is 47.8 Å². The van der Waals surface area contributed by atoms with E-state index in [1.807, 2.05) is 6.07 Å². The summed E-state index contributed by atoms with van der Waals surface area (Å²) in [4.78, 5) is 6.40. The van der Waals surface area contributed by atoms with Gasteiger partial charge in [-0.1, -0.05) is 54.6 Å². The molecule has 0 radical (unpaired) electrons. The van der Waals surface area contributed by atoms with E-state index in [2.05, 4.69) is 58.4 Å². The monoisotopic (exact) mass is 490 g/mol. The van der Waals surface area contributed by atoms with E-state index in [1.165, 1.54) is 34.9 Å². The Kier molecular flexibility index (Phi) is 3.80. The number of ether oxygens (including phenoxy) is 1. The number of nitrogens with one attached hydrogen (secondary N) is 1. The average Bonchev–Trinajstić information content (AvgIpc) is 3.55. The van der Waals surface area contributed by atoms with Gasteiger partial charge < -0.3 is 19.9 Å². The van der Waals surface area contributed by atoms with Crippen LogP contribution in [0.15, 0.2) is 60.7 Å². The van der Waals surface area contributed by atoms with Crippen molar-refractivity contribution in [2.75, 3.05) is 13.1 Å². The topological polar surface area (TPSA) is 68.7 Å². The van der Waals surface area contributed by atoms with Gasteiger partial charge in [-0.3, -0.25) is 4.90 Å². The third-order valence-electron chi connectivity index (χ3n) is 10.3.